The number of rotatable bonds is 10. The first-order valence-corrected chi connectivity index (χ1v) is 52.3. The molecule has 0 N–H and O–H groups in total. The number of fused-ring (bicyclic) bond motifs is 12. The zero-order valence-electron chi connectivity index (χ0n) is 73.3. The van der Waals surface area contributed by atoms with E-state index < -0.39 is 34.9 Å². The summed E-state index contributed by atoms with van der Waals surface area (Å²) >= 11 is 0. The molecule has 0 saturated carbocycles. The van der Waals surface area contributed by atoms with Crippen LogP contribution >= 0.6 is 21.4 Å². The van der Waals surface area contributed by atoms with Gasteiger partial charge in [-0.25, -0.2) is 0 Å². The van der Waals surface area contributed by atoms with E-state index in [2.05, 4.69) is 332 Å². The lowest BCUT2D eigenvalue weighted by molar-refractivity contribution is 0.103. The molecule has 0 saturated heterocycles. The molecule has 25 rings (SSSR count). The van der Waals surface area contributed by atoms with Crippen LogP contribution in [0.4, 0.5) is 51.2 Å². The molecule has 0 amide bonds. The van der Waals surface area contributed by atoms with Crippen LogP contribution < -0.4 is 83.2 Å². The quantitative estimate of drug-likeness (QED) is 0.0976. The van der Waals surface area contributed by atoms with Gasteiger partial charge in [0.25, 0.3) is 0 Å². The number of ketones is 3. The van der Waals surface area contributed by atoms with Crippen LogP contribution in [0.2, 0.25) is 0 Å². The zero-order valence-corrected chi connectivity index (χ0v) is 77.0. The number of benzene rings is 19. The van der Waals surface area contributed by atoms with Crippen molar-refractivity contribution in [3.05, 3.63) is 552 Å². The van der Waals surface area contributed by atoms with E-state index in [9.17, 15) is 14.4 Å². The Morgan fingerprint density at radius 2 is 0.418 bits per heavy atom. The summed E-state index contributed by atoms with van der Waals surface area (Å²) in [6, 6.07) is 164. The second-order valence-corrected chi connectivity index (χ2v) is 47.0. The van der Waals surface area contributed by atoms with Gasteiger partial charge in [0.2, 0.25) is 0 Å². The van der Waals surface area contributed by atoms with Crippen LogP contribution in [0.15, 0.2) is 485 Å². The van der Waals surface area contributed by atoms with Crippen LogP contribution in [0.5, 0.6) is 0 Å². The van der Waals surface area contributed by atoms with E-state index in [1.54, 1.807) is 36.4 Å². The smallest absolute Gasteiger partial charge is 0.194 e. The minimum atomic E-state index is -3.32. The van der Waals surface area contributed by atoms with Gasteiger partial charge in [0, 0.05) is 115 Å². The molecular formula is C121H86N3O6P3Si. The summed E-state index contributed by atoms with van der Waals surface area (Å²) in [5, 5.41) is 11.1. The molecule has 19 aromatic rings. The van der Waals surface area contributed by atoms with Gasteiger partial charge in [-0.15, -0.1) is 0 Å². The standard InChI is InChI=1S/C44H30NO2P.C43H30NO2PSi.C34H26NO2P/c46-43-35-19-7-13-25-41(35)48(47,42-26-14-8-20-36(42)43)34-29-27-33(28-30-34)45-39-23-11-9-21-37(39)44(31-15-3-1-4-16-31,32-17-5-2-6-18-32)38-22-10-12-24-40(38)45;45-43-35-19-7-11-23-39(35)47(46,40-24-12-8-20-36(40)43)32-29-27-31(28-30-32)44-37-21-9-13-25-41(37)48(33-15-3-1-4-16-33,34-17-5-2-6-18-34)42-26-14-10-22-38(42)44;1-34(2)27-13-5-7-15-29(27)35(30-16-8-6-14-28(30)34)23-19-21-24(22-20-23)38(37)31-17-9-3-11-25(31)33(36)26-12-4-10-18-32(26)38/h2*1-30H;3-22H,1-2H3. The minimum Gasteiger partial charge on any atom is -0.311 e. The molecule has 9 nitrogen and oxygen atoms in total. The Labute approximate surface area is 780 Å². The lowest BCUT2D eigenvalue weighted by Gasteiger charge is -2.46. The summed E-state index contributed by atoms with van der Waals surface area (Å²) in [6.45, 7) is 4.55. The molecular weight excluding hydrogens is 1710 g/mol. The van der Waals surface area contributed by atoms with Gasteiger partial charge in [0.05, 0.1) is 28.2 Å². The molecule has 6 aliphatic rings. The SMILES string of the molecule is CC1(C)c2ccccc2N(c2ccc(P3(=O)c4ccccc4C(=O)c4ccccc43)cc2)c2ccccc21.O=C1c2ccccc2P(=O)(c2ccc(N3c4ccccc4C(c4ccccc4)(c4ccccc4)c4ccccc43)cc2)c2ccccc21.O=C1c2ccccc2P(=O)(c2ccc(N3c4ccccc4[Si](c4ccccc4)(c4ccccc4)c4ccccc43)cc2)c2ccccc21. The third-order valence-corrected chi connectivity index (χ3v) is 42.3. The maximum Gasteiger partial charge on any atom is 0.194 e. The average molecular weight is 1800 g/mol. The highest BCUT2D eigenvalue weighted by Crippen LogP contribution is 2.60. The predicted octanol–water partition coefficient (Wildman–Crippen LogP) is 22.0. The Hall–Kier alpha value is -15.5. The van der Waals surface area contributed by atoms with Crippen LogP contribution in [0, 0.1) is 0 Å². The first-order chi connectivity index (χ1) is 65.7. The summed E-state index contributed by atoms with van der Waals surface area (Å²) < 4.78 is 45.7. The van der Waals surface area contributed by atoms with Gasteiger partial charge in [0.1, 0.15) is 0 Å². The summed E-state index contributed by atoms with van der Waals surface area (Å²) in [5.74, 6) is -0.218. The zero-order chi connectivity index (χ0) is 90.7. The molecule has 6 heterocycles. The van der Waals surface area contributed by atoms with Gasteiger partial charge in [0.15, 0.2) is 46.8 Å². The lowest BCUT2D eigenvalue weighted by Crippen LogP contribution is -2.77. The Kier molecular flexibility index (Phi) is 20.3. The summed E-state index contributed by atoms with van der Waals surface area (Å²) in [4.78, 5) is 47.1. The fraction of sp³-hybridized carbons (Fsp3) is 0.0331. The molecule has 134 heavy (non-hydrogen) atoms. The molecule has 0 bridgehead atoms. The van der Waals surface area contributed by atoms with Crippen LogP contribution in [0.25, 0.3) is 0 Å². The lowest BCUT2D eigenvalue weighted by atomic mass is 9.62. The van der Waals surface area contributed by atoms with Crippen molar-refractivity contribution in [1.82, 2.24) is 0 Å². The molecule has 0 aliphatic carbocycles. The number of carbonyl (C=O) groups is 3. The predicted molar refractivity (Wildman–Crippen MR) is 553 cm³/mol. The third kappa shape index (κ3) is 12.5. The van der Waals surface area contributed by atoms with Crippen molar-refractivity contribution < 1.29 is 28.1 Å². The summed E-state index contributed by atoms with van der Waals surface area (Å²) in [5.41, 5.74) is 19.5. The number of hydrogen-bond donors (Lipinski definition) is 0. The number of nitrogens with zero attached hydrogens (tertiary/aromatic N) is 3. The maximum absolute atomic E-state index is 15.3. The Morgan fingerprint density at radius 1 is 0.209 bits per heavy atom. The highest BCUT2D eigenvalue weighted by atomic mass is 31.2. The fourth-order valence-electron chi connectivity index (χ4n) is 22.1. The van der Waals surface area contributed by atoms with Crippen molar-refractivity contribution in [2.24, 2.45) is 0 Å². The molecule has 0 radical (unpaired) electrons. The van der Waals surface area contributed by atoms with Crippen LogP contribution in [0.3, 0.4) is 0 Å². The fourth-order valence-corrected chi connectivity index (χ4v) is 36.2. The average Bonchev–Trinajstić information content (AvgIpc) is 0.694. The molecule has 640 valence electrons. The maximum atomic E-state index is 15.3. The topological polar surface area (TPSA) is 112 Å². The Bertz CT molecular complexity index is 7380. The molecule has 0 fully saturated rings. The van der Waals surface area contributed by atoms with Gasteiger partial charge in [-0.05, 0) is 163 Å². The van der Waals surface area contributed by atoms with E-state index >= 15 is 13.7 Å². The Balaban J connectivity index is 0.000000114. The van der Waals surface area contributed by atoms with E-state index in [0.29, 0.717) is 70.5 Å². The highest BCUT2D eigenvalue weighted by molar-refractivity contribution is 7.86. The van der Waals surface area contributed by atoms with Gasteiger partial charge in [-0.1, -0.05) is 390 Å². The first kappa shape index (κ1) is 82.9. The van der Waals surface area contributed by atoms with E-state index in [-0.39, 0.29) is 22.8 Å². The second kappa shape index (κ2) is 32.8. The number of carbonyl (C=O) groups excluding carboxylic acids is 3. The van der Waals surface area contributed by atoms with Gasteiger partial charge in [-0.3, -0.25) is 14.4 Å². The summed E-state index contributed by atoms with van der Waals surface area (Å²) in [7, 11) is -12.6. The molecule has 19 aromatic carbocycles. The van der Waals surface area contributed by atoms with E-state index in [0.717, 1.165) is 61.8 Å². The van der Waals surface area contributed by atoms with Crippen LogP contribution in [-0.2, 0) is 24.5 Å². The van der Waals surface area contributed by atoms with Crippen LogP contribution in [-0.4, -0.2) is 25.4 Å². The monoisotopic (exact) mass is 1800 g/mol. The molecule has 0 spiro atoms. The molecule has 0 aromatic heterocycles. The molecule has 0 atom stereocenters. The van der Waals surface area contributed by atoms with Crippen LogP contribution in [0.1, 0.15) is 95.0 Å². The third-order valence-electron chi connectivity index (χ3n) is 28.0. The largest absolute Gasteiger partial charge is 0.311 e. The van der Waals surface area contributed by atoms with E-state index in [4.69, 9.17) is 0 Å². The Morgan fingerprint density at radius 3 is 0.701 bits per heavy atom. The number of hydrogen-bond acceptors (Lipinski definition) is 9. The normalized spacial score (nSPS) is 15.4. The number of anilines is 9. The van der Waals surface area contributed by atoms with Crippen molar-refractivity contribution in [1.29, 1.82) is 0 Å². The van der Waals surface area contributed by atoms with E-state index in [1.165, 1.54) is 54.1 Å². The van der Waals surface area contributed by atoms with E-state index in [1.807, 2.05) is 146 Å². The van der Waals surface area contributed by atoms with Crippen molar-refractivity contribution in [3.8, 4) is 0 Å². The molecule has 13 heteroatoms. The second-order valence-electron chi connectivity index (χ2n) is 35.2. The highest BCUT2D eigenvalue weighted by Gasteiger charge is 2.52. The molecule has 0 unspecified atom stereocenters. The number of para-hydroxylation sites is 6. The first-order valence-electron chi connectivity index (χ1n) is 45.2. The van der Waals surface area contributed by atoms with Crippen molar-refractivity contribution in [2.75, 3.05) is 14.7 Å². The van der Waals surface area contributed by atoms with Gasteiger partial charge in [-0.2, -0.15) is 0 Å². The van der Waals surface area contributed by atoms with Crippen molar-refractivity contribution >= 4 is 167 Å². The van der Waals surface area contributed by atoms with Gasteiger partial charge >= 0.3 is 0 Å². The van der Waals surface area contributed by atoms with Crippen molar-refractivity contribution in [3.63, 3.8) is 0 Å². The minimum absolute atomic E-state index is 0.0663. The molecule has 6 aliphatic heterocycles. The summed E-state index contributed by atoms with van der Waals surface area (Å²) in [6.07, 6.45) is 0. The van der Waals surface area contributed by atoms with Crippen molar-refractivity contribution in [2.45, 2.75) is 24.7 Å². The van der Waals surface area contributed by atoms with Gasteiger partial charge < -0.3 is 28.4 Å².